The number of imidazole rings is 2. The van der Waals surface area contributed by atoms with Gasteiger partial charge in [0.2, 0.25) is 11.8 Å². The fourth-order valence-corrected chi connectivity index (χ4v) is 10.9. The van der Waals surface area contributed by atoms with Gasteiger partial charge in [0, 0.05) is 92.5 Å². The van der Waals surface area contributed by atoms with Gasteiger partial charge in [0.1, 0.15) is 65.4 Å². The molecule has 25 heteroatoms. The summed E-state index contributed by atoms with van der Waals surface area (Å²) >= 11 is 0. The van der Waals surface area contributed by atoms with Gasteiger partial charge >= 0.3 is 19.1 Å². The number of carboxylic acids is 1. The second-order valence-corrected chi connectivity index (χ2v) is 25.4. The van der Waals surface area contributed by atoms with Crippen LogP contribution in [0.25, 0.3) is 56.0 Å². The maximum absolute atomic E-state index is 15.7. The van der Waals surface area contributed by atoms with Crippen LogP contribution in [-0.4, -0.2) is 107 Å². The maximum Gasteiger partial charge on any atom is 0.494 e. The second kappa shape index (κ2) is 29.4. The van der Waals surface area contributed by atoms with Crippen molar-refractivity contribution in [2.75, 3.05) is 27.4 Å². The Labute approximate surface area is 566 Å². The molecule has 0 unspecified atom stereocenters. The topological polar surface area (TPSA) is 206 Å². The quantitative estimate of drug-likeness (QED) is 0.0380. The van der Waals surface area contributed by atoms with Crippen LogP contribution in [0.15, 0.2) is 152 Å². The Balaban J connectivity index is 0.000000202. The first-order valence-electron chi connectivity index (χ1n) is 31.5. The predicted octanol–water partition coefficient (Wildman–Crippen LogP) is 14.1. The minimum Gasteiger partial charge on any atom is -0.478 e. The lowest BCUT2D eigenvalue weighted by molar-refractivity contribution is 0.00578. The molecule has 11 aromatic rings. The smallest absolute Gasteiger partial charge is 0.478 e. The summed E-state index contributed by atoms with van der Waals surface area (Å²) in [5.74, 6) is -3.82. The van der Waals surface area contributed by atoms with Gasteiger partial charge in [-0.05, 0) is 156 Å². The number of ether oxygens (including phenoxy) is 5. The molecule has 18 nitrogen and oxygen atoms in total. The largest absolute Gasteiger partial charge is 0.494 e. The number of esters is 1. The fourth-order valence-electron chi connectivity index (χ4n) is 10.9. The number of aromatic carboxylic acids is 1. The number of rotatable bonds is 22. The van der Waals surface area contributed by atoms with Crippen LogP contribution in [0.4, 0.5) is 26.3 Å². The molecular formula is C74H69BF6N8O10. The highest BCUT2D eigenvalue weighted by Crippen LogP contribution is 2.37. The molecule has 1 aliphatic heterocycles. The zero-order valence-corrected chi connectivity index (χ0v) is 55.6. The van der Waals surface area contributed by atoms with Crippen molar-refractivity contribution in [3.05, 3.63) is 232 Å². The summed E-state index contributed by atoms with van der Waals surface area (Å²) in [7, 11) is 2.38. The Morgan fingerprint density at radius 2 is 1.01 bits per heavy atom. The highest BCUT2D eigenvalue weighted by Gasteiger charge is 2.52. The highest BCUT2D eigenvalue weighted by molar-refractivity contribution is 6.62. The summed E-state index contributed by atoms with van der Waals surface area (Å²) in [6, 6.07) is 34.1. The molecule has 0 amide bonds. The number of carboxylic acid groups (broad SMARTS) is 1. The molecule has 1 saturated heterocycles. The SMILES string of the molecule is COCCn1c(Cc2cc(F)c(-c3cccc(OCc4ccc(-c5ncccn5)cc4F)n3)cc2F)nc2ccc(C(=O)O)cc21.COCCn1c(Cc2cc(F)c(-c3cccc(OCc4ccc(B5OC(C)(C)C(C)(C)O5)cc4F)n3)cc2F)nc2ccc(C(=O)OC(C)(C)C)cc21. The van der Waals surface area contributed by atoms with Crippen LogP contribution in [0.1, 0.15) is 103 Å². The molecule has 510 valence electrons. The summed E-state index contributed by atoms with van der Waals surface area (Å²) in [4.78, 5) is 50.5. The molecule has 12 rings (SSSR count). The van der Waals surface area contributed by atoms with E-state index in [1.54, 1.807) is 118 Å². The van der Waals surface area contributed by atoms with E-state index in [1.807, 2.05) is 32.3 Å². The number of methoxy groups -OCH3 is 2. The Bertz CT molecular complexity index is 4800. The molecule has 6 heterocycles. The van der Waals surface area contributed by atoms with Crippen molar-refractivity contribution in [3.8, 4) is 45.7 Å². The van der Waals surface area contributed by atoms with Crippen LogP contribution in [0.2, 0.25) is 0 Å². The zero-order chi connectivity index (χ0) is 70.5. The molecule has 1 aliphatic rings. The number of hydrogen-bond acceptors (Lipinski definition) is 15. The van der Waals surface area contributed by atoms with Crippen molar-refractivity contribution in [2.45, 2.75) is 104 Å². The molecule has 1 fully saturated rings. The van der Waals surface area contributed by atoms with Crippen molar-refractivity contribution >= 4 is 46.6 Å². The average Bonchev–Trinajstić information content (AvgIpc) is 1.68. The van der Waals surface area contributed by atoms with Crippen molar-refractivity contribution in [2.24, 2.45) is 0 Å². The molecule has 0 saturated carbocycles. The first-order valence-corrected chi connectivity index (χ1v) is 31.5. The van der Waals surface area contributed by atoms with E-state index in [-0.39, 0.29) is 88.1 Å². The highest BCUT2D eigenvalue weighted by atomic mass is 19.1. The standard InChI is InChI=1S/C40H43BF3N3O6.C34H26F3N5O4/c1-38(2,3)51-37(48)24-13-15-33-34(19-24)47(16-17-49-8)35(45-33)20-26-18-31(44)28(22-30(26)43)32-10-9-11-36(46-32)50-23-25-12-14-27(21-29(25)42)41-52-39(4,5)40(6,7)53-41;1-45-13-12-42-30-16-21(34(43)44)8-9-29(30)40-31(42)17-23-15-27(37)24(18-26(23)36)28-4-2-5-32(41-28)46-19-22-7-6-20(14-25(22)35)33-38-10-3-11-39-33/h9-15,18-19,21-22H,16-17,20,23H2,1-8H3;2-11,14-16,18H,12-13,17,19H2,1H3,(H,43,44). The van der Waals surface area contributed by atoms with E-state index in [0.29, 0.717) is 82.4 Å². The van der Waals surface area contributed by atoms with E-state index < -0.39 is 70.8 Å². The summed E-state index contributed by atoms with van der Waals surface area (Å²) in [6.07, 6.45) is 3.05. The summed E-state index contributed by atoms with van der Waals surface area (Å²) < 4.78 is 135. The van der Waals surface area contributed by atoms with Crippen LogP contribution >= 0.6 is 0 Å². The zero-order valence-electron chi connectivity index (χ0n) is 55.6. The number of fused-ring (bicyclic) bond motifs is 2. The number of aromatic nitrogens is 8. The van der Waals surface area contributed by atoms with Crippen LogP contribution in [-0.2, 0) is 62.7 Å². The van der Waals surface area contributed by atoms with Crippen molar-refractivity contribution in [1.29, 1.82) is 0 Å². The summed E-state index contributed by atoms with van der Waals surface area (Å²) in [5, 5.41) is 9.42. The molecule has 99 heavy (non-hydrogen) atoms. The van der Waals surface area contributed by atoms with E-state index in [4.69, 9.17) is 33.0 Å². The second-order valence-electron chi connectivity index (χ2n) is 25.4. The minimum atomic E-state index is -1.09. The van der Waals surface area contributed by atoms with Gasteiger partial charge in [0.05, 0.1) is 69.0 Å². The number of benzene rings is 6. The normalized spacial score (nSPS) is 13.4. The number of hydrogen-bond donors (Lipinski definition) is 1. The monoisotopic (exact) mass is 1350 g/mol. The Hall–Kier alpha value is -10.3. The number of carbonyl (C=O) groups excluding carboxylic acids is 1. The first-order chi connectivity index (χ1) is 47.2. The number of nitrogens with zero attached hydrogens (tertiary/aromatic N) is 8. The number of carbonyl (C=O) groups is 2. The molecule has 0 spiro atoms. The van der Waals surface area contributed by atoms with Gasteiger partial charge in [-0.3, -0.25) is 0 Å². The fraction of sp³-hybridized carbons (Fsp3) is 0.270. The lowest BCUT2D eigenvalue weighted by Crippen LogP contribution is -2.41. The third kappa shape index (κ3) is 16.1. The van der Waals surface area contributed by atoms with Crippen LogP contribution in [0.5, 0.6) is 11.8 Å². The van der Waals surface area contributed by atoms with Crippen molar-refractivity contribution in [3.63, 3.8) is 0 Å². The van der Waals surface area contributed by atoms with Crippen LogP contribution in [0.3, 0.4) is 0 Å². The Kier molecular flexibility index (Phi) is 20.8. The number of halogens is 6. The molecule has 6 aromatic carbocycles. The predicted molar refractivity (Wildman–Crippen MR) is 358 cm³/mol. The van der Waals surface area contributed by atoms with Crippen LogP contribution in [0, 0.1) is 34.9 Å². The van der Waals surface area contributed by atoms with Gasteiger partial charge in [0.25, 0.3) is 0 Å². The lowest BCUT2D eigenvalue weighted by Gasteiger charge is -2.32. The number of pyridine rings is 2. The van der Waals surface area contributed by atoms with E-state index in [1.165, 1.54) is 49.6 Å². The van der Waals surface area contributed by atoms with Gasteiger partial charge in [-0.25, -0.2) is 65.8 Å². The van der Waals surface area contributed by atoms with Gasteiger partial charge in [0.15, 0.2) is 5.82 Å². The molecule has 0 bridgehead atoms. The van der Waals surface area contributed by atoms with Crippen molar-refractivity contribution < 1.29 is 74.0 Å². The van der Waals surface area contributed by atoms with Gasteiger partial charge in [-0.2, -0.15) is 0 Å². The van der Waals surface area contributed by atoms with E-state index in [9.17, 15) is 19.1 Å². The van der Waals surface area contributed by atoms with Crippen molar-refractivity contribution in [1.82, 2.24) is 39.0 Å². The first kappa shape index (κ1) is 70.0. The molecule has 1 N–H and O–H groups in total. The van der Waals surface area contributed by atoms with Crippen LogP contribution < -0.4 is 14.9 Å². The molecule has 0 atom stereocenters. The molecule has 0 aliphatic carbocycles. The maximum atomic E-state index is 15.7. The molecule has 5 aromatic heterocycles. The Morgan fingerprint density at radius 1 is 0.535 bits per heavy atom. The third-order valence-corrected chi connectivity index (χ3v) is 16.8. The molecule has 0 radical (unpaired) electrons. The average molecular weight is 1360 g/mol. The van der Waals surface area contributed by atoms with E-state index >= 15 is 22.0 Å². The molecular weight excluding hydrogens is 1290 g/mol. The lowest BCUT2D eigenvalue weighted by atomic mass is 9.79. The van der Waals surface area contributed by atoms with E-state index in [2.05, 4.69) is 29.9 Å². The third-order valence-electron chi connectivity index (χ3n) is 16.8. The Morgan fingerprint density at radius 3 is 1.48 bits per heavy atom. The summed E-state index contributed by atoms with van der Waals surface area (Å²) in [5.41, 5.74) is 2.80. The summed E-state index contributed by atoms with van der Waals surface area (Å²) in [6.45, 7) is 14.1. The van der Waals surface area contributed by atoms with E-state index in [0.717, 1.165) is 24.3 Å². The minimum absolute atomic E-state index is 0.0291. The van der Waals surface area contributed by atoms with Gasteiger partial charge in [-0.1, -0.05) is 36.4 Å². The van der Waals surface area contributed by atoms with Gasteiger partial charge in [-0.15, -0.1) is 0 Å². The van der Waals surface area contributed by atoms with Gasteiger partial charge < -0.3 is 47.2 Å².